The standard InChI is InChI=1S/C14H22N2O2S/c1-4-15-13-7-6-11(2)10-12(13)14(17)16-8-5-9-19(3)18/h6-7,10,15H,4-5,8-9H2,1-3H3,(H,16,17). The number of rotatable bonds is 7. The molecule has 1 amide bonds. The van der Waals surface area contributed by atoms with E-state index in [1.165, 1.54) is 0 Å². The van der Waals surface area contributed by atoms with E-state index in [9.17, 15) is 9.00 Å². The topological polar surface area (TPSA) is 58.2 Å². The summed E-state index contributed by atoms with van der Waals surface area (Å²) in [7, 11) is -0.800. The lowest BCUT2D eigenvalue weighted by atomic mass is 10.1. The highest BCUT2D eigenvalue weighted by molar-refractivity contribution is 7.84. The molecule has 0 aliphatic rings. The van der Waals surface area contributed by atoms with Gasteiger partial charge in [0.05, 0.1) is 5.56 Å². The number of carbonyl (C=O) groups excluding carboxylic acids is 1. The Morgan fingerprint density at radius 1 is 1.37 bits per heavy atom. The molecule has 1 aromatic rings. The molecule has 1 atom stereocenters. The van der Waals surface area contributed by atoms with Crippen LogP contribution >= 0.6 is 0 Å². The van der Waals surface area contributed by atoms with Crippen LogP contribution in [-0.2, 0) is 10.8 Å². The van der Waals surface area contributed by atoms with E-state index in [4.69, 9.17) is 0 Å². The molecule has 4 nitrogen and oxygen atoms in total. The van der Waals surface area contributed by atoms with Gasteiger partial charge in [-0.3, -0.25) is 9.00 Å². The van der Waals surface area contributed by atoms with Crippen LogP contribution in [0.4, 0.5) is 5.69 Å². The molecule has 19 heavy (non-hydrogen) atoms. The van der Waals surface area contributed by atoms with Crippen molar-refractivity contribution in [3.8, 4) is 0 Å². The number of carbonyl (C=O) groups is 1. The molecule has 1 aromatic carbocycles. The third kappa shape index (κ3) is 5.42. The van der Waals surface area contributed by atoms with Gasteiger partial charge in [0.15, 0.2) is 0 Å². The molecular weight excluding hydrogens is 260 g/mol. The summed E-state index contributed by atoms with van der Waals surface area (Å²) in [6, 6.07) is 5.79. The molecule has 0 saturated carbocycles. The van der Waals surface area contributed by atoms with Gasteiger partial charge in [0.2, 0.25) is 0 Å². The quantitative estimate of drug-likeness (QED) is 0.751. The summed E-state index contributed by atoms with van der Waals surface area (Å²) in [5.74, 6) is 0.537. The van der Waals surface area contributed by atoms with E-state index >= 15 is 0 Å². The zero-order valence-corrected chi connectivity index (χ0v) is 12.6. The van der Waals surface area contributed by atoms with E-state index in [0.717, 1.165) is 24.2 Å². The van der Waals surface area contributed by atoms with E-state index in [-0.39, 0.29) is 5.91 Å². The first-order chi connectivity index (χ1) is 9.04. The van der Waals surface area contributed by atoms with Crippen molar-refractivity contribution in [2.75, 3.05) is 30.4 Å². The number of aryl methyl sites for hydroxylation is 1. The SMILES string of the molecule is CCNc1ccc(C)cc1C(=O)NCCCS(C)=O. The van der Waals surface area contributed by atoms with Gasteiger partial charge in [0.25, 0.3) is 5.91 Å². The molecule has 1 rings (SSSR count). The lowest BCUT2D eigenvalue weighted by molar-refractivity contribution is 0.0954. The number of amides is 1. The van der Waals surface area contributed by atoms with Crippen molar-refractivity contribution in [3.63, 3.8) is 0 Å². The van der Waals surface area contributed by atoms with Gasteiger partial charge in [-0.05, 0) is 32.4 Å². The van der Waals surface area contributed by atoms with Crippen molar-refractivity contribution in [2.24, 2.45) is 0 Å². The van der Waals surface area contributed by atoms with Crippen LogP contribution in [0.3, 0.4) is 0 Å². The Labute approximate surface area is 117 Å². The Kier molecular flexibility index (Phi) is 6.56. The van der Waals surface area contributed by atoms with Gasteiger partial charge in [0.1, 0.15) is 0 Å². The molecule has 1 unspecified atom stereocenters. The molecule has 106 valence electrons. The average molecular weight is 282 g/mol. The maximum Gasteiger partial charge on any atom is 0.253 e. The molecular formula is C14H22N2O2S. The average Bonchev–Trinajstić information content (AvgIpc) is 2.36. The Morgan fingerprint density at radius 3 is 2.74 bits per heavy atom. The maximum absolute atomic E-state index is 12.1. The lowest BCUT2D eigenvalue weighted by Gasteiger charge is -2.12. The fourth-order valence-electron chi connectivity index (χ4n) is 1.76. The first-order valence-corrected chi connectivity index (χ1v) is 8.20. The Balaban J connectivity index is 2.64. The van der Waals surface area contributed by atoms with Crippen molar-refractivity contribution in [1.29, 1.82) is 0 Å². The van der Waals surface area contributed by atoms with Crippen LogP contribution in [0.2, 0.25) is 0 Å². The van der Waals surface area contributed by atoms with Gasteiger partial charge in [-0.1, -0.05) is 11.6 Å². The molecule has 0 aliphatic carbocycles. The summed E-state index contributed by atoms with van der Waals surface area (Å²) >= 11 is 0. The van der Waals surface area contributed by atoms with Gasteiger partial charge in [-0.15, -0.1) is 0 Å². The second-order valence-corrected chi connectivity index (χ2v) is 6.02. The maximum atomic E-state index is 12.1. The van der Waals surface area contributed by atoms with E-state index in [1.807, 2.05) is 32.0 Å². The minimum Gasteiger partial charge on any atom is -0.385 e. The number of benzene rings is 1. The van der Waals surface area contributed by atoms with Crippen molar-refractivity contribution < 1.29 is 9.00 Å². The fraction of sp³-hybridized carbons (Fsp3) is 0.500. The highest BCUT2D eigenvalue weighted by Gasteiger charge is 2.10. The van der Waals surface area contributed by atoms with Gasteiger partial charge >= 0.3 is 0 Å². The summed E-state index contributed by atoms with van der Waals surface area (Å²) < 4.78 is 10.9. The van der Waals surface area contributed by atoms with Gasteiger partial charge in [-0.2, -0.15) is 0 Å². The van der Waals surface area contributed by atoms with Gasteiger partial charge in [0, 0.05) is 41.6 Å². The summed E-state index contributed by atoms with van der Waals surface area (Å²) in [5.41, 5.74) is 2.57. The molecule has 0 radical (unpaired) electrons. The fourth-order valence-corrected chi connectivity index (χ4v) is 2.31. The first-order valence-electron chi connectivity index (χ1n) is 6.47. The second kappa shape index (κ2) is 7.94. The monoisotopic (exact) mass is 282 g/mol. The number of nitrogens with one attached hydrogen (secondary N) is 2. The largest absolute Gasteiger partial charge is 0.385 e. The Morgan fingerprint density at radius 2 is 2.11 bits per heavy atom. The summed E-state index contributed by atoms with van der Waals surface area (Å²) in [5, 5.41) is 6.05. The minimum absolute atomic E-state index is 0.0819. The number of hydrogen-bond acceptors (Lipinski definition) is 3. The van der Waals surface area contributed by atoms with E-state index in [1.54, 1.807) is 6.26 Å². The Bertz CT molecular complexity index is 461. The molecule has 0 saturated heterocycles. The second-order valence-electron chi connectivity index (χ2n) is 4.47. The van der Waals surface area contributed by atoms with E-state index in [0.29, 0.717) is 17.9 Å². The highest BCUT2D eigenvalue weighted by atomic mass is 32.2. The molecule has 0 aromatic heterocycles. The van der Waals surface area contributed by atoms with Gasteiger partial charge < -0.3 is 10.6 Å². The van der Waals surface area contributed by atoms with E-state index in [2.05, 4.69) is 10.6 Å². The van der Waals surface area contributed by atoms with Crippen molar-refractivity contribution in [1.82, 2.24) is 5.32 Å². The Hall–Kier alpha value is -1.36. The van der Waals surface area contributed by atoms with Crippen LogP contribution in [-0.4, -0.2) is 35.2 Å². The smallest absolute Gasteiger partial charge is 0.253 e. The molecule has 2 N–H and O–H groups in total. The predicted molar refractivity (Wildman–Crippen MR) is 81.2 cm³/mol. The minimum atomic E-state index is -0.800. The highest BCUT2D eigenvalue weighted by Crippen LogP contribution is 2.17. The predicted octanol–water partition coefficient (Wildman–Crippen LogP) is 1.93. The molecule has 5 heteroatoms. The van der Waals surface area contributed by atoms with Crippen molar-refractivity contribution in [2.45, 2.75) is 20.3 Å². The molecule has 0 fully saturated rings. The molecule has 0 bridgehead atoms. The van der Waals surface area contributed by atoms with E-state index < -0.39 is 10.8 Å². The van der Waals surface area contributed by atoms with Crippen LogP contribution in [0, 0.1) is 6.92 Å². The summed E-state index contributed by atoms with van der Waals surface area (Å²) in [6.45, 7) is 5.29. The number of anilines is 1. The third-order valence-electron chi connectivity index (χ3n) is 2.68. The molecule has 0 heterocycles. The zero-order valence-electron chi connectivity index (χ0n) is 11.8. The lowest BCUT2D eigenvalue weighted by Crippen LogP contribution is -2.26. The summed E-state index contributed by atoms with van der Waals surface area (Å²) in [4.78, 5) is 12.1. The molecule has 0 aliphatic heterocycles. The van der Waals surface area contributed by atoms with Crippen LogP contribution < -0.4 is 10.6 Å². The normalized spacial score (nSPS) is 11.9. The molecule has 0 spiro atoms. The summed E-state index contributed by atoms with van der Waals surface area (Å²) in [6.07, 6.45) is 2.41. The van der Waals surface area contributed by atoms with Crippen LogP contribution in [0.25, 0.3) is 0 Å². The third-order valence-corrected chi connectivity index (χ3v) is 3.54. The van der Waals surface area contributed by atoms with Crippen LogP contribution in [0.1, 0.15) is 29.3 Å². The first kappa shape index (κ1) is 15.7. The van der Waals surface area contributed by atoms with Crippen molar-refractivity contribution in [3.05, 3.63) is 29.3 Å². The van der Waals surface area contributed by atoms with Gasteiger partial charge in [-0.25, -0.2) is 0 Å². The van der Waals surface area contributed by atoms with Crippen molar-refractivity contribution >= 4 is 22.4 Å². The zero-order chi connectivity index (χ0) is 14.3. The van der Waals surface area contributed by atoms with Crippen LogP contribution in [0.15, 0.2) is 18.2 Å². The van der Waals surface area contributed by atoms with Crippen LogP contribution in [0.5, 0.6) is 0 Å². The number of hydrogen-bond donors (Lipinski definition) is 2.